The standard InChI is InChI=1S/C15H11BrFN5OS/c1-24-15-19-20-21-22(15)11-5-2-9(3-6-11)14(23)18-13-7-4-10(16)8-12(13)17/h2-8H,1H3,(H,18,23). The van der Waals surface area contributed by atoms with Gasteiger partial charge in [-0.1, -0.05) is 27.7 Å². The van der Waals surface area contributed by atoms with Crippen molar-refractivity contribution >= 4 is 39.3 Å². The highest BCUT2D eigenvalue weighted by Crippen LogP contribution is 2.21. The SMILES string of the molecule is CSc1nnnn1-c1ccc(C(=O)Nc2ccc(Br)cc2F)cc1. The van der Waals surface area contributed by atoms with Crippen molar-refractivity contribution in [2.45, 2.75) is 5.16 Å². The van der Waals surface area contributed by atoms with Crippen LogP contribution >= 0.6 is 27.7 Å². The zero-order chi connectivity index (χ0) is 17.1. The number of carbonyl (C=O) groups excluding carboxylic acids is 1. The Morgan fingerprint density at radius 2 is 2.00 bits per heavy atom. The average Bonchev–Trinajstić information content (AvgIpc) is 3.06. The molecule has 1 aromatic heterocycles. The van der Waals surface area contributed by atoms with Crippen LogP contribution in [0.3, 0.4) is 0 Å². The number of anilines is 1. The molecular formula is C15H11BrFN5OS. The summed E-state index contributed by atoms with van der Waals surface area (Å²) in [4.78, 5) is 12.2. The van der Waals surface area contributed by atoms with Crippen molar-refractivity contribution in [3.63, 3.8) is 0 Å². The summed E-state index contributed by atoms with van der Waals surface area (Å²) in [5.74, 6) is -0.905. The molecule has 0 bridgehead atoms. The van der Waals surface area contributed by atoms with E-state index in [2.05, 4.69) is 36.8 Å². The summed E-state index contributed by atoms with van der Waals surface area (Å²) in [6.45, 7) is 0. The van der Waals surface area contributed by atoms with Gasteiger partial charge in [-0.2, -0.15) is 4.68 Å². The molecule has 9 heteroatoms. The number of nitrogens with zero attached hydrogens (tertiary/aromatic N) is 4. The van der Waals surface area contributed by atoms with Gasteiger partial charge in [0.1, 0.15) is 5.82 Å². The predicted octanol–water partition coefficient (Wildman–Crippen LogP) is 3.54. The van der Waals surface area contributed by atoms with Gasteiger partial charge in [0.25, 0.3) is 5.91 Å². The second-order valence-electron chi connectivity index (χ2n) is 4.70. The van der Waals surface area contributed by atoms with Crippen molar-refractivity contribution in [3.8, 4) is 5.69 Å². The molecule has 1 heterocycles. The van der Waals surface area contributed by atoms with Crippen LogP contribution in [0.4, 0.5) is 10.1 Å². The van der Waals surface area contributed by atoms with E-state index in [1.165, 1.54) is 23.9 Å². The molecule has 0 saturated carbocycles. The maximum Gasteiger partial charge on any atom is 0.255 e. The number of halogens is 2. The Kier molecular flexibility index (Phi) is 4.91. The highest BCUT2D eigenvalue weighted by molar-refractivity contribution is 9.10. The minimum Gasteiger partial charge on any atom is -0.319 e. The van der Waals surface area contributed by atoms with Crippen LogP contribution < -0.4 is 5.32 Å². The number of tetrazole rings is 1. The molecule has 3 rings (SSSR count). The van der Waals surface area contributed by atoms with Crippen LogP contribution in [0.1, 0.15) is 10.4 Å². The Balaban J connectivity index is 1.79. The van der Waals surface area contributed by atoms with Gasteiger partial charge in [-0.3, -0.25) is 4.79 Å². The molecule has 0 aliphatic rings. The Labute approximate surface area is 149 Å². The van der Waals surface area contributed by atoms with E-state index in [0.29, 0.717) is 15.2 Å². The number of hydrogen-bond acceptors (Lipinski definition) is 5. The van der Waals surface area contributed by atoms with E-state index in [1.807, 2.05) is 6.26 Å². The van der Waals surface area contributed by atoms with Crippen LogP contribution in [0, 0.1) is 5.82 Å². The zero-order valence-corrected chi connectivity index (χ0v) is 14.8. The summed E-state index contributed by atoms with van der Waals surface area (Å²) in [6, 6.07) is 11.2. The van der Waals surface area contributed by atoms with Crippen LogP contribution in [0.2, 0.25) is 0 Å². The van der Waals surface area contributed by atoms with E-state index >= 15 is 0 Å². The fourth-order valence-electron chi connectivity index (χ4n) is 2.01. The van der Waals surface area contributed by atoms with E-state index in [1.54, 1.807) is 35.0 Å². The average molecular weight is 408 g/mol. The highest BCUT2D eigenvalue weighted by Gasteiger charge is 2.11. The third-order valence-electron chi connectivity index (χ3n) is 3.18. The second-order valence-corrected chi connectivity index (χ2v) is 6.39. The van der Waals surface area contributed by atoms with Crippen molar-refractivity contribution in [1.29, 1.82) is 0 Å². The molecule has 0 atom stereocenters. The normalized spacial score (nSPS) is 10.6. The molecule has 1 N–H and O–H groups in total. The third-order valence-corrected chi connectivity index (χ3v) is 4.29. The van der Waals surface area contributed by atoms with Crippen molar-refractivity contribution in [2.24, 2.45) is 0 Å². The molecule has 24 heavy (non-hydrogen) atoms. The Bertz CT molecular complexity index is 884. The molecule has 2 aromatic carbocycles. The lowest BCUT2D eigenvalue weighted by atomic mass is 10.2. The predicted molar refractivity (Wildman–Crippen MR) is 93.0 cm³/mol. The summed E-state index contributed by atoms with van der Waals surface area (Å²) >= 11 is 4.59. The van der Waals surface area contributed by atoms with Gasteiger partial charge in [0, 0.05) is 10.0 Å². The highest BCUT2D eigenvalue weighted by atomic mass is 79.9. The summed E-state index contributed by atoms with van der Waals surface area (Å²) in [5, 5.41) is 14.6. The molecule has 1 amide bonds. The molecule has 0 radical (unpaired) electrons. The fraction of sp³-hybridized carbons (Fsp3) is 0.0667. The van der Waals surface area contributed by atoms with Crippen molar-refractivity contribution < 1.29 is 9.18 Å². The van der Waals surface area contributed by atoms with Gasteiger partial charge in [0.2, 0.25) is 5.16 Å². The first-order chi connectivity index (χ1) is 11.6. The molecule has 0 unspecified atom stereocenters. The summed E-state index contributed by atoms with van der Waals surface area (Å²) in [5.41, 5.74) is 1.26. The quantitative estimate of drug-likeness (QED) is 0.669. The van der Waals surface area contributed by atoms with Crippen molar-refractivity contribution in [3.05, 3.63) is 58.3 Å². The molecule has 0 fully saturated rings. The van der Waals surface area contributed by atoms with Crippen LogP contribution in [0.15, 0.2) is 52.1 Å². The molecule has 122 valence electrons. The van der Waals surface area contributed by atoms with Crippen LogP contribution in [0.25, 0.3) is 5.69 Å². The Morgan fingerprint density at radius 1 is 1.25 bits per heavy atom. The number of amides is 1. The molecular weight excluding hydrogens is 397 g/mol. The number of aromatic nitrogens is 4. The van der Waals surface area contributed by atoms with E-state index in [9.17, 15) is 9.18 Å². The fourth-order valence-corrected chi connectivity index (χ4v) is 2.77. The van der Waals surface area contributed by atoms with Gasteiger partial charge in [-0.05, 0) is 59.1 Å². The number of rotatable bonds is 4. The summed E-state index contributed by atoms with van der Waals surface area (Å²) in [6.07, 6.45) is 1.87. The van der Waals surface area contributed by atoms with Crippen LogP contribution in [-0.2, 0) is 0 Å². The maximum atomic E-state index is 13.8. The van der Waals surface area contributed by atoms with Gasteiger partial charge >= 0.3 is 0 Å². The number of hydrogen-bond donors (Lipinski definition) is 1. The van der Waals surface area contributed by atoms with E-state index in [-0.39, 0.29) is 5.69 Å². The number of benzene rings is 2. The first-order valence-electron chi connectivity index (χ1n) is 6.77. The number of nitrogens with one attached hydrogen (secondary N) is 1. The third kappa shape index (κ3) is 3.46. The lowest BCUT2D eigenvalue weighted by Crippen LogP contribution is -2.13. The zero-order valence-electron chi connectivity index (χ0n) is 12.4. The summed E-state index contributed by atoms with van der Waals surface area (Å²) < 4.78 is 16.0. The smallest absolute Gasteiger partial charge is 0.255 e. The monoisotopic (exact) mass is 407 g/mol. The first-order valence-corrected chi connectivity index (χ1v) is 8.79. The second kappa shape index (κ2) is 7.10. The van der Waals surface area contributed by atoms with Crippen LogP contribution in [0.5, 0.6) is 0 Å². The molecule has 6 nitrogen and oxygen atoms in total. The maximum absolute atomic E-state index is 13.8. The summed E-state index contributed by atoms with van der Waals surface area (Å²) in [7, 11) is 0. The molecule has 0 aliphatic carbocycles. The molecule has 0 saturated heterocycles. The minimum absolute atomic E-state index is 0.123. The minimum atomic E-state index is -0.507. The number of thioether (sulfide) groups is 1. The van der Waals surface area contributed by atoms with Crippen LogP contribution in [-0.4, -0.2) is 32.4 Å². The number of carbonyl (C=O) groups is 1. The van der Waals surface area contributed by atoms with E-state index in [4.69, 9.17) is 0 Å². The van der Waals surface area contributed by atoms with Gasteiger partial charge in [-0.15, -0.1) is 5.10 Å². The van der Waals surface area contributed by atoms with Gasteiger partial charge in [0.15, 0.2) is 0 Å². The lowest BCUT2D eigenvalue weighted by Gasteiger charge is -2.08. The topological polar surface area (TPSA) is 72.7 Å². The van der Waals surface area contributed by atoms with E-state index < -0.39 is 11.7 Å². The van der Waals surface area contributed by atoms with Gasteiger partial charge < -0.3 is 5.32 Å². The van der Waals surface area contributed by atoms with Gasteiger partial charge in [0.05, 0.1) is 11.4 Å². The molecule has 0 spiro atoms. The van der Waals surface area contributed by atoms with E-state index in [0.717, 1.165) is 5.69 Å². The van der Waals surface area contributed by atoms with Crippen molar-refractivity contribution in [2.75, 3.05) is 11.6 Å². The molecule has 0 aliphatic heterocycles. The van der Waals surface area contributed by atoms with Crippen molar-refractivity contribution in [1.82, 2.24) is 20.2 Å². The Morgan fingerprint density at radius 3 is 2.67 bits per heavy atom. The largest absolute Gasteiger partial charge is 0.319 e. The molecule has 3 aromatic rings. The lowest BCUT2D eigenvalue weighted by molar-refractivity contribution is 0.102. The Hall–Kier alpha value is -2.26. The van der Waals surface area contributed by atoms with Gasteiger partial charge in [-0.25, -0.2) is 4.39 Å². The first kappa shape index (κ1) is 16.6.